The number of H-pyrrole nitrogens is 1. The highest BCUT2D eigenvalue weighted by atomic mass is 32.1. The molecule has 3 rings (SSSR count). The third kappa shape index (κ3) is 2.47. The van der Waals surface area contributed by atoms with Gasteiger partial charge >= 0.3 is 0 Å². The maximum Gasteiger partial charge on any atom is 0.196 e. The molecule has 0 aliphatic heterocycles. The number of hydrogen-bond acceptors (Lipinski definition) is 3. The van der Waals surface area contributed by atoms with Crippen molar-refractivity contribution in [3.8, 4) is 11.4 Å². The molecule has 0 bridgehead atoms. The molecule has 3 aromatic rings. The van der Waals surface area contributed by atoms with Crippen molar-refractivity contribution in [1.29, 1.82) is 0 Å². The molecule has 108 valence electrons. The number of aromatic nitrogens is 3. The molecule has 0 radical (unpaired) electrons. The summed E-state index contributed by atoms with van der Waals surface area (Å²) >= 11 is 7.20. The maximum atomic E-state index is 5.45. The predicted octanol–water partition coefficient (Wildman–Crippen LogP) is 4.90. The van der Waals surface area contributed by atoms with Crippen LogP contribution in [0.5, 0.6) is 0 Å². The third-order valence-corrected chi connectivity index (χ3v) is 5.20. The first-order chi connectivity index (χ1) is 10.1. The standard InChI is InChI=1S/C16H17N3S2/c1-10-12(3)21-9-14(10)15-17-18-16(20)19(15)11(2)13-7-5-4-6-8-13/h4-9,11H,1-3H3,(H,18,20)/t11-/m0/s1. The molecule has 0 aliphatic rings. The van der Waals surface area contributed by atoms with Gasteiger partial charge in [0.15, 0.2) is 10.6 Å². The summed E-state index contributed by atoms with van der Waals surface area (Å²) in [5.74, 6) is 0.915. The van der Waals surface area contributed by atoms with Crippen LogP contribution in [0, 0.1) is 18.6 Å². The van der Waals surface area contributed by atoms with Crippen molar-refractivity contribution in [2.45, 2.75) is 26.8 Å². The molecule has 21 heavy (non-hydrogen) atoms. The van der Waals surface area contributed by atoms with Gasteiger partial charge in [0.05, 0.1) is 6.04 Å². The molecule has 0 amide bonds. The monoisotopic (exact) mass is 315 g/mol. The Morgan fingerprint density at radius 1 is 1.24 bits per heavy atom. The van der Waals surface area contributed by atoms with E-state index in [1.165, 1.54) is 16.0 Å². The summed E-state index contributed by atoms with van der Waals surface area (Å²) in [6.45, 7) is 6.42. The molecule has 0 fully saturated rings. The number of aromatic amines is 1. The van der Waals surface area contributed by atoms with Crippen molar-refractivity contribution >= 4 is 23.6 Å². The number of nitrogens with zero attached hydrogens (tertiary/aromatic N) is 2. The zero-order valence-corrected chi connectivity index (χ0v) is 13.9. The van der Waals surface area contributed by atoms with Gasteiger partial charge in [0, 0.05) is 15.8 Å². The molecule has 5 heteroatoms. The van der Waals surface area contributed by atoms with Crippen LogP contribution in [0.2, 0.25) is 0 Å². The topological polar surface area (TPSA) is 33.6 Å². The molecule has 0 saturated carbocycles. The minimum absolute atomic E-state index is 0.145. The van der Waals surface area contributed by atoms with E-state index in [-0.39, 0.29) is 6.04 Å². The summed E-state index contributed by atoms with van der Waals surface area (Å²) in [5.41, 5.74) is 3.66. The van der Waals surface area contributed by atoms with E-state index in [0.717, 1.165) is 11.4 Å². The van der Waals surface area contributed by atoms with Gasteiger partial charge in [0.2, 0.25) is 0 Å². The molecule has 1 atom stereocenters. The summed E-state index contributed by atoms with van der Waals surface area (Å²) in [7, 11) is 0. The molecule has 3 nitrogen and oxygen atoms in total. The number of rotatable bonds is 3. The highest BCUT2D eigenvalue weighted by Gasteiger charge is 2.18. The van der Waals surface area contributed by atoms with Gasteiger partial charge in [-0.3, -0.25) is 9.67 Å². The van der Waals surface area contributed by atoms with Gasteiger partial charge in [-0.2, -0.15) is 5.10 Å². The van der Waals surface area contributed by atoms with Crippen LogP contribution in [-0.4, -0.2) is 14.8 Å². The SMILES string of the molecule is Cc1scc(-c2n[nH]c(=S)n2[C@@H](C)c2ccccc2)c1C. The molecule has 0 spiro atoms. The molecular weight excluding hydrogens is 298 g/mol. The summed E-state index contributed by atoms with van der Waals surface area (Å²) in [6, 6.07) is 10.5. The van der Waals surface area contributed by atoms with Crippen molar-refractivity contribution in [3.05, 3.63) is 56.5 Å². The second kappa shape index (κ2) is 5.58. The Bertz CT molecular complexity index is 812. The highest BCUT2D eigenvalue weighted by Crippen LogP contribution is 2.32. The van der Waals surface area contributed by atoms with E-state index >= 15 is 0 Å². The minimum Gasteiger partial charge on any atom is -0.293 e. The summed E-state index contributed by atoms with van der Waals surface area (Å²) in [5, 5.41) is 9.56. The minimum atomic E-state index is 0.145. The Labute approximate surface area is 133 Å². The highest BCUT2D eigenvalue weighted by molar-refractivity contribution is 7.71. The Kier molecular flexibility index (Phi) is 3.78. The summed E-state index contributed by atoms with van der Waals surface area (Å²) in [6.07, 6.45) is 0. The lowest BCUT2D eigenvalue weighted by molar-refractivity contribution is 0.635. The van der Waals surface area contributed by atoms with E-state index in [1.54, 1.807) is 11.3 Å². The van der Waals surface area contributed by atoms with Gasteiger partial charge in [-0.1, -0.05) is 30.3 Å². The number of hydrogen-bond donors (Lipinski definition) is 1. The zero-order chi connectivity index (χ0) is 15.0. The molecule has 0 saturated heterocycles. The molecular formula is C16H17N3S2. The Morgan fingerprint density at radius 2 is 1.95 bits per heavy atom. The third-order valence-electron chi connectivity index (χ3n) is 3.90. The van der Waals surface area contributed by atoms with Crippen LogP contribution < -0.4 is 0 Å². The van der Waals surface area contributed by atoms with Gasteiger partial charge < -0.3 is 0 Å². The van der Waals surface area contributed by atoms with E-state index in [2.05, 4.69) is 65.2 Å². The number of aryl methyl sites for hydroxylation is 1. The van der Waals surface area contributed by atoms with Crippen molar-refractivity contribution in [3.63, 3.8) is 0 Å². The van der Waals surface area contributed by atoms with Crippen LogP contribution in [-0.2, 0) is 0 Å². The van der Waals surface area contributed by atoms with Gasteiger partial charge in [0.25, 0.3) is 0 Å². The first kappa shape index (κ1) is 14.2. The average molecular weight is 315 g/mol. The Morgan fingerprint density at radius 3 is 2.57 bits per heavy atom. The van der Waals surface area contributed by atoms with Crippen molar-refractivity contribution in [2.24, 2.45) is 0 Å². The van der Waals surface area contributed by atoms with Crippen molar-refractivity contribution in [1.82, 2.24) is 14.8 Å². The quantitative estimate of drug-likeness (QED) is 0.698. The van der Waals surface area contributed by atoms with E-state index in [4.69, 9.17) is 12.2 Å². The number of thiophene rings is 1. The molecule has 0 unspecified atom stereocenters. The first-order valence-corrected chi connectivity index (χ1v) is 8.15. The number of benzene rings is 1. The van der Waals surface area contributed by atoms with Gasteiger partial charge in [0.1, 0.15) is 0 Å². The maximum absolute atomic E-state index is 5.45. The molecule has 2 aromatic heterocycles. The van der Waals surface area contributed by atoms with E-state index in [1.807, 2.05) is 6.07 Å². The van der Waals surface area contributed by atoms with Crippen molar-refractivity contribution in [2.75, 3.05) is 0 Å². The van der Waals surface area contributed by atoms with Crippen LogP contribution in [0.3, 0.4) is 0 Å². The lowest BCUT2D eigenvalue weighted by Gasteiger charge is -2.16. The van der Waals surface area contributed by atoms with E-state index < -0.39 is 0 Å². The van der Waals surface area contributed by atoms with Crippen LogP contribution in [0.25, 0.3) is 11.4 Å². The smallest absolute Gasteiger partial charge is 0.196 e. The van der Waals surface area contributed by atoms with Crippen LogP contribution in [0.15, 0.2) is 35.7 Å². The molecule has 1 aromatic carbocycles. The van der Waals surface area contributed by atoms with Crippen LogP contribution >= 0.6 is 23.6 Å². The fraction of sp³-hybridized carbons (Fsp3) is 0.250. The van der Waals surface area contributed by atoms with Gasteiger partial charge in [-0.25, -0.2) is 0 Å². The molecule has 0 aliphatic carbocycles. The normalized spacial score (nSPS) is 12.5. The fourth-order valence-corrected chi connectivity index (χ4v) is 3.62. The van der Waals surface area contributed by atoms with Crippen LogP contribution in [0.4, 0.5) is 0 Å². The second-order valence-corrected chi connectivity index (χ2v) is 6.61. The fourth-order valence-electron chi connectivity index (χ4n) is 2.47. The predicted molar refractivity (Wildman–Crippen MR) is 90.5 cm³/mol. The number of nitrogens with one attached hydrogen (secondary N) is 1. The van der Waals surface area contributed by atoms with Crippen molar-refractivity contribution < 1.29 is 0 Å². The van der Waals surface area contributed by atoms with Gasteiger partial charge in [-0.15, -0.1) is 11.3 Å². The lowest BCUT2D eigenvalue weighted by atomic mass is 10.1. The zero-order valence-electron chi connectivity index (χ0n) is 12.3. The molecule has 1 N–H and O–H groups in total. The Hall–Kier alpha value is -1.72. The van der Waals surface area contributed by atoms with E-state index in [0.29, 0.717) is 4.77 Å². The van der Waals surface area contributed by atoms with E-state index in [9.17, 15) is 0 Å². The lowest BCUT2D eigenvalue weighted by Crippen LogP contribution is -2.08. The first-order valence-electron chi connectivity index (χ1n) is 6.86. The van der Waals surface area contributed by atoms with Gasteiger partial charge in [-0.05, 0) is 44.1 Å². The molecule has 2 heterocycles. The largest absolute Gasteiger partial charge is 0.293 e. The Balaban J connectivity index is 2.14. The summed E-state index contributed by atoms with van der Waals surface area (Å²) in [4.78, 5) is 1.32. The second-order valence-electron chi connectivity index (χ2n) is 5.14. The van der Waals surface area contributed by atoms with Crippen LogP contribution in [0.1, 0.15) is 29.0 Å². The average Bonchev–Trinajstić information content (AvgIpc) is 3.03. The summed E-state index contributed by atoms with van der Waals surface area (Å²) < 4.78 is 2.75.